The van der Waals surface area contributed by atoms with Crippen molar-refractivity contribution in [2.45, 2.75) is 0 Å². The van der Waals surface area contributed by atoms with Gasteiger partial charge < -0.3 is 18.7 Å². The molecule has 0 saturated carbocycles. The van der Waals surface area contributed by atoms with Gasteiger partial charge in [-0.2, -0.15) is 0 Å². The minimum absolute atomic E-state index is 0.159. The summed E-state index contributed by atoms with van der Waals surface area (Å²) in [6.45, 7) is 2.45. The van der Waals surface area contributed by atoms with Gasteiger partial charge in [-0.1, -0.05) is 5.16 Å². The molecule has 0 aliphatic carbocycles. The average Bonchev–Trinajstić information content (AvgIpc) is 3.55. The monoisotopic (exact) mass is 391 g/mol. The number of amides is 1. The third kappa shape index (κ3) is 3.35. The highest BCUT2D eigenvalue weighted by Crippen LogP contribution is 2.22. The number of carbonyl (C=O) groups excluding carboxylic acids is 1. The van der Waals surface area contributed by atoms with Crippen molar-refractivity contribution < 1.29 is 13.7 Å². The van der Waals surface area contributed by atoms with Gasteiger partial charge in [0.25, 0.3) is 5.91 Å². The van der Waals surface area contributed by atoms with Crippen molar-refractivity contribution in [1.82, 2.24) is 29.6 Å². The molecule has 5 rings (SSSR count). The molecule has 1 saturated heterocycles. The third-order valence-electron chi connectivity index (χ3n) is 4.79. The molecule has 5 heterocycles. The highest BCUT2D eigenvalue weighted by atomic mass is 16.5. The molecular formula is C19H17N7O3. The maximum atomic E-state index is 12.8. The first-order valence-corrected chi connectivity index (χ1v) is 9.13. The van der Waals surface area contributed by atoms with Gasteiger partial charge in [0.15, 0.2) is 11.5 Å². The number of nitrogens with zero attached hydrogens (tertiary/aromatic N) is 7. The van der Waals surface area contributed by atoms with E-state index in [0.717, 1.165) is 11.6 Å². The van der Waals surface area contributed by atoms with Crippen LogP contribution in [0.25, 0.3) is 17.3 Å². The van der Waals surface area contributed by atoms with Crippen LogP contribution in [0.4, 0.5) is 5.82 Å². The number of hydrogen-bond donors (Lipinski definition) is 0. The molecule has 0 bridgehead atoms. The zero-order valence-electron chi connectivity index (χ0n) is 15.4. The van der Waals surface area contributed by atoms with Crippen molar-refractivity contribution in [3.63, 3.8) is 0 Å². The summed E-state index contributed by atoms with van der Waals surface area (Å²) < 4.78 is 12.3. The van der Waals surface area contributed by atoms with Crippen molar-refractivity contribution >= 4 is 11.7 Å². The van der Waals surface area contributed by atoms with Gasteiger partial charge in [0.05, 0.1) is 6.26 Å². The Morgan fingerprint density at radius 2 is 1.90 bits per heavy atom. The van der Waals surface area contributed by atoms with Crippen LogP contribution in [0.15, 0.2) is 64.5 Å². The van der Waals surface area contributed by atoms with Crippen molar-refractivity contribution in [3.05, 3.63) is 61.3 Å². The zero-order valence-corrected chi connectivity index (χ0v) is 15.4. The van der Waals surface area contributed by atoms with E-state index in [1.54, 1.807) is 41.9 Å². The Hall–Kier alpha value is -3.95. The molecule has 146 valence electrons. The minimum atomic E-state index is -0.159. The van der Waals surface area contributed by atoms with Gasteiger partial charge in [-0.15, -0.1) is 0 Å². The number of carbonyl (C=O) groups is 1. The van der Waals surface area contributed by atoms with Gasteiger partial charge >= 0.3 is 0 Å². The highest BCUT2D eigenvalue weighted by Gasteiger charge is 2.26. The summed E-state index contributed by atoms with van der Waals surface area (Å²) >= 11 is 0. The summed E-state index contributed by atoms with van der Waals surface area (Å²) in [7, 11) is 0. The van der Waals surface area contributed by atoms with Crippen LogP contribution in [0.1, 0.15) is 10.5 Å². The summed E-state index contributed by atoms with van der Waals surface area (Å²) in [6.07, 6.45) is 8.31. The molecule has 4 aromatic heterocycles. The van der Waals surface area contributed by atoms with E-state index in [1.807, 2.05) is 16.8 Å². The smallest absolute Gasteiger partial charge is 0.276 e. The molecule has 0 aromatic carbocycles. The maximum absolute atomic E-state index is 12.8. The molecule has 0 N–H and O–H groups in total. The van der Waals surface area contributed by atoms with E-state index >= 15 is 0 Å². The zero-order chi connectivity index (χ0) is 19.6. The fourth-order valence-corrected chi connectivity index (χ4v) is 3.26. The van der Waals surface area contributed by atoms with Crippen LogP contribution < -0.4 is 4.90 Å². The van der Waals surface area contributed by atoms with Crippen LogP contribution in [0.2, 0.25) is 0 Å². The van der Waals surface area contributed by atoms with Crippen LogP contribution in [-0.4, -0.2) is 61.7 Å². The Morgan fingerprint density at radius 1 is 1.03 bits per heavy atom. The standard InChI is InChI=1S/C19H17N7O3/c27-19(14-10-16(29-23-14)15-2-1-9-28-15)25-7-5-24(6-8-25)17-11-18(22-12-21-17)26-4-3-20-13-26/h1-4,9-13H,5-8H2. The molecule has 29 heavy (non-hydrogen) atoms. The number of rotatable bonds is 4. The fraction of sp³-hybridized carbons (Fsp3) is 0.211. The van der Waals surface area contributed by atoms with E-state index in [9.17, 15) is 4.79 Å². The largest absolute Gasteiger partial charge is 0.461 e. The number of furan rings is 1. The van der Waals surface area contributed by atoms with E-state index in [4.69, 9.17) is 8.94 Å². The summed E-state index contributed by atoms with van der Waals surface area (Å²) in [5, 5.41) is 3.90. The summed E-state index contributed by atoms with van der Waals surface area (Å²) in [5.74, 6) is 2.38. The molecule has 10 heteroatoms. The minimum Gasteiger partial charge on any atom is -0.461 e. The van der Waals surface area contributed by atoms with Crippen molar-refractivity contribution in [2.75, 3.05) is 31.1 Å². The van der Waals surface area contributed by atoms with E-state index in [-0.39, 0.29) is 11.6 Å². The van der Waals surface area contributed by atoms with Crippen molar-refractivity contribution in [1.29, 1.82) is 0 Å². The first-order chi connectivity index (χ1) is 14.3. The molecule has 0 unspecified atom stereocenters. The number of aromatic nitrogens is 5. The molecule has 0 atom stereocenters. The average molecular weight is 391 g/mol. The second-order valence-electron chi connectivity index (χ2n) is 6.54. The SMILES string of the molecule is O=C(c1cc(-c2ccco2)on1)N1CCN(c2cc(-n3ccnc3)ncn2)CC1. The number of imidazole rings is 1. The van der Waals surface area contributed by atoms with Crippen molar-refractivity contribution in [2.24, 2.45) is 0 Å². The molecule has 0 spiro atoms. The van der Waals surface area contributed by atoms with Crippen LogP contribution in [0, 0.1) is 0 Å². The molecule has 1 fully saturated rings. The lowest BCUT2D eigenvalue weighted by atomic mass is 10.2. The van der Waals surface area contributed by atoms with Crippen LogP contribution in [0.3, 0.4) is 0 Å². The van der Waals surface area contributed by atoms with Gasteiger partial charge in [0.1, 0.15) is 24.3 Å². The lowest BCUT2D eigenvalue weighted by molar-refractivity contribution is 0.0736. The topological polar surface area (TPSA) is 106 Å². The molecular weight excluding hydrogens is 374 g/mol. The highest BCUT2D eigenvalue weighted by molar-refractivity contribution is 5.93. The second kappa shape index (κ2) is 7.23. The Kier molecular flexibility index (Phi) is 4.28. The van der Waals surface area contributed by atoms with Crippen molar-refractivity contribution in [3.8, 4) is 17.3 Å². The van der Waals surface area contributed by atoms with Crippen LogP contribution in [-0.2, 0) is 0 Å². The predicted molar refractivity (Wildman–Crippen MR) is 101 cm³/mol. The van der Waals surface area contributed by atoms with Crippen LogP contribution >= 0.6 is 0 Å². The number of hydrogen-bond acceptors (Lipinski definition) is 8. The van der Waals surface area contributed by atoms with E-state index in [0.29, 0.717) is 37.7 Å². The Morgan fingerprint density at radius 3 is 2.66 bits per heavy atom. The summed E-state index contributed by atoms with van der Waals surface area (Å²) in [6, 6.07) is 7.03. The van der Waals surface area contributed by atoms with E-state index in [1.165, 1.54) is 6.33 Å². The number of piperazine rings is 1. The lowest BCUT2D eigenvalue weighted by Gasteiger charge is -2.35. The summed E-state index contributed by atoms with van der Waals surface area (Å²) in [4.78, 5) is 29.3. The predicted octanol–water partition coefficient (Wildman–Crippen LogP) is 1.87. The van der Waals surface area contributed by atoms with E-state index in [2.05, 4.69) is 25.0 Å². The number of anilines is 1. The van der Waals surface area contributed by atoms with Gasteiger partial charge in [-0.25, -0.2) is 15.0 Å². The molecule has 1 amide bonds. The molecule has 10 nitrogen and oxygen atoms in total. The van der Waals surface area contributed by atoms with Gasteiger partial charge in [0.2, 0.25) is 5.76 Å². The van der Waals surface area contributed by atoms with Gasteiger partial charge in [0, 0.05) is 50.7 Å². The molecule has 0 radical (unpaired) electrons. The normalized spacial score (nSPS) is 14.3. The second-order valence-corrected chi connectivity index (χ2v) is 6.54. The third-order valence-corrected chi connectivity index (χ3v) is 4.79. The fourth-order valence-electron chi connectivity index (χ4n) is 3.26. The summed E-state index contributed by atoms with van der Waals surface area (Å²) in [5.41, 5.74) is 0.272. The Labute approximate surface area is 165 Å². The Balaban J connectivity index is 1.25. The lowest BCUT2D eigenvalue weighted by Crippen LogP contribution is -2.49. The molecule has 1 aliphatic rings. The van der Waals surface area contributed by atoms with Gasteiger partial charge in [-0.3, -0.25) is 9.36 Å². The Bertz CT molecular complexity index is 1100. The first kappa shape index (κ1) is 17.2. The maximum Gasteiger partial charge on any atom is 0.276 e. The quantitative estimate of drug-likeness (QED) is 0.519. The first-order valence-electron chi connectivity index (χ1n) is 9.13. The van der Waals surface area contributed by atoms with Gasteiger partial charge in [-0.05, 0) is 12.1 Å². The van der Waals surface area contributed by atoms with Crippen LogP contribution in [0.5, 0.6) is 0 Å². The molecule has 4 aromatic rings. The van der Waals surface area contributed by atoms with E-state index < -0.39 is 0 Å². The molecule has 1 aliphatic heterocycles.